The van der Waals surface area contributed by atoms with Crippen molar-refractivity contribution in [2.45, 2.75) is 18.7 Å². The molecule has 0 aliphatic heterocycles. The highest BCUT2D eigenvalue weighted by Crippen LogP contribution is 2.33. The number of nitrogen functional groups attached to an aromatic ring is 1. The third-order valence-corrected chi connectivity index (χ3v) is 5.42. The zero-order chi connectivity index (χ0) is 15.8. The number of rotatable bonds is 3. The zero-order valence-electron chi connectivity index (χ0n) is 11.4. The Morgan fingerprint density at radius 2 is 1.67 bits per heavy atom. The van der Waals surface area contributed by atoms with Crippen LogP contribution in [0.15, 0.2) is 35.2 Å². The first kappa shape index (κ1) is 15.9. The van der Waals surface area contributed by atoms with E-state index in [0.717, 1.165) is 11.1 Å². The van der Waals surface area contributed by atoms with Crippen LogP contribution in [0.25, 0.3) is 0 Å². The summed E-state index contributed by atoms with van der Waals surface area (Å²) >= 11 is 11.9. The summed E-state index contributed by atoms with van der Waals surface area (Å²) in [5.74, 6) is 0. The molecule has 2 rings (SSSR count). The van der Waals surface area contributed by atoms with Gasteiger partial charge in [-0.25, -0.2) is 8.42 Å². The van der Waals surface area contributed by atoms with Crippen LogP contribution in [0.3, 0.4) is 0 Å². The van der Waals surface area contributed by atoms with E-state index in [-0.39, 0.29) is 14.9 Å². The molecule has 7 heteroatoms. The van der Waals surface area contributed by atoms with Crippen LogP contribution in [-0.4, -0.2) is 8.42 Å². The summed E-state index contributed by atoms with van der Waals surface area (Å²) in [6, 6.07) is 8.05. The zero-order valence-corrected chi connectivity index (χ0v) is 13.8. The van der Waals surface area contributed by atoms with Gasteiger partial charge in [0, 0.05) is 5.69 Å². The molecule has 0 heterocycles. The Kier molecular flexibility index (Phi) is 4.37. The second-order valence-corrected chi connectivity index (χ2v) is 7.10. The van der Waals surface area contributed by atoms with Gasteiger partial charge >= 0.3 is 0 Å². The maximum absolute atomic E-state index is 12.5. The van der Waals surface area contributed by atoms with E-state index in [2.05, 4.69) is 4.72 Å². The molecule has 0 unspecified atom stereocenters. The predicted octanol–water partition coefficient (Wildman–Crippen LogP) is 3.99. The van der Waals surface area contributed by atoms with Gasteiger partial charge in [-0.05, 0) is 43.2 Å². The highest BCUT2D eigenvalue weighted by molar-refractivity contribution is 7.93. The lowest BCUT2D eigenvalue weighted by atomic mass is 10.1. The summed E-state index contributed by atoms with van der Waals surface area (Å²) in [6.07, 6.45) is 0. The Morgan fingerprint density at radius 1 is 1.10 bits per heavy atom. The van der Waals surface area contributed by atoms with E-state index in [0.29, 0.717) is 11.4 Å². The van der Waals surface area contributed by atoms with Crippen molar-refractivity contribution in [3.8, 4) is 0 Å². The summed E-state index contributed by atoms with van der Waals surface area (Å²) in [5.41, 5.74) is 8.18. The summed E-state index contributed by atoms with van der Waals surface area (Å²) in [5, 5.41) is -0.0318. The average Bonchev–Trinajstić information content (AvgIpc) is 2.33. The molecule has 0 radical (unpaired) electrons. The van der Waals surface area contributed by atoms with Crippen LogP contribution in [0.2, 0.25) is 10.0 Å². The highest BCUT2D eigenvalue weighted by atomic mass is 35.5. The van der Waals surface area contributed by atoms with Gasteiger partial charge in [-0.15, -0.1) is 0 Å². The van der Waals surface area contributed by atoms with E-state index in [1.54, 1.807) is 12.1 Å². The second-order valence-electron chi connectivity index (χ2n) is 4.67. The molecule has 21 heavy (non-hydrogen) atoms. The Labute approximate surface area is 133 Å². The standard InChI is InChI=1S/C14H14Cl2N2O2S/c1-8-4-3-5-13(9(8)2)18-21(19,20)14-11(15)6-10(17)7-12(14)16/h3-7,18H,17H2,1-2H3. The van der Waals surface area contributed by atoms with Gasteiger partial charge in [0.15, 0.2) is 0 Å². The van der Waals surface area contributed by atoms with E-state index in [4.69, 9.17) is 28.9 Å². The monoisotopic (exact) mass is 344 g/mol. The number of nitrogens with two attached hydrogens (primary N) is 1. The SMILES string of the molecule is Cc1cccc(NS(=O)(=O)c2c(Cl)cc(N)cc2Cl)c1C. The molecule has 0 aliphatic rings. The smallest absolute Gasteiger partial charge is 0.264 e. The molecule has 0 saturated carbocycles. The average molecular weight is 345 g/mol. The fourth-order valence-electron chi connectivity index (χ4n) is 1.89. The lowest BCUT2D eigenvalue weighted by molar-refractivity contribution is 0.601. The topological polar surface area (TPSA) is 72.2 Å². The minimum absolute atomic E-state index is 0.0159. The van der Waals surface area contributed by atoms with E-state index in [1.165, 1.54) is 12.1 Å². The number of hydrogen-bond donors (Lipinski definition) is 2. The van der Waals surface area contributed by atoms with Crippen molar-refractivity contribution in [3.63, 3.8) is 0 Å². The summed E-state index contributed by atoms with van der Waals surface area (Å²) < 4.78 is 27.5. The third kappa shape index (κ3) is 3.26. The fraction of sp³-hybridized carbons (Fsp3) is 0.143. The maximum Gasteiger partial charge on any atom is 0.264 e. The second kappa shape index (κ2) is 5.75. The van der Waals surface area contributed by atoms with Gasteiger partial charge in [0.2, 0.25) is 0 Å². The van der Waals surface area contributed by atoms with Gasteiger partial charge in [-0.3, -0.25) is 4.72 Å². The van der Waals surface area contributed by atoms with Gasteiger partial charge in [-0.1, -0.05) is 35.3 Å². The first-order valence-corrected chi connectivity index (χ1v) is 8.30. The van der Waals surface area contributed by atoms with Crippen LogP contribution >= 0.6 is 23.2 Å². The van der Waals surface area contributed by atoms with Gasteiger partial charge in [0.1, 0.15) is 4.90 Å². The van der Waals surface area contributed by atoms with Crippen molar-refractivity contribution in [2.24, 2.45) is 0 Å². The van der Waals surface area contributed by atoms with Crippen LogP contribution in [0.1, 0.15) is 11.1 Å². The molecular formula is C14H14Cl2N2O2S. The molecule has 0 aliphatic carbocycles. The van der Waals surface area contributed by atoms with E-state index in [1.807, 2.05) is 19.9 Å². The van der Waals surface area contributed by atoms with Crippen molar-refractivity contribution in [2.75, 3.05) is 10.5 Å². The first-order valence-electron chi connectivity index (χ1n) is 6.06. The third-order valence-electron chi connectivity index (χ3n) is 3.14. The number of benzene rings is 2. The van der Waals surface area contributed by atoms with Crippen LogP contribution < -0.4 is 10.5 Å². The maximum atomic E-state index is 12.5. The molecule has 0 saturated heterocycles. The van der Waals surface area contributed by atoms with Crippen molar-refractivity contribution < 1.29 is 8.42 Å². The van der Waals surface area contributed by atoms with Crippen molar-refractivity contribution in [1.82, 2.24) is 0 Å². The van der Waals surface area contributed by atoms with Crippen LogP contribution in [0, 0.1) is 13.8 Å². The molecule has 2 aromatic rings. The van der Waals surface area contributed by atoms with E-state index < -0.39 is 10.0 Å². The van der Waals surface area contributed by atoms with Crippen LogP contribution in [0.4, 0.5) is 11.4 Å². The summed E-state index contributed by atoms with van der Waals surface area (Å²) in [6.45, 7) is 3.73. The van der Waals surface area contributed by atoms with Crippen molar-refractivity contribution in [1.29, 1.82) is 0 Å². The number of nitrogens with one attached hydrogen (secondary N) is 1. The van der Waals surface area contributed by atoms with Crippen LogP contribution in [-0.2, 0) is 10.0 Å². The van der Waals surface area contributed by atoms with Gasteiger partial charge < -0.3 is 5.73 Å². The molecule has 0 amide bonds. The largest absolute Gasteiger partial charge is 0.399 e. The molecule has 0 fully saturated rings. The molecule has 2 aromatic carbocycles. The van der Waals surface area contributed by atoms with Crippen molar-refractivity contribution in [3.05, 3.63) is 51.5 Å². The molecule has 0 spiro atoms. The quantitative estimate of drug-likeness (QED) is 0.826. The van der Waals surface area contributed by atoms with Gasteiger partial charge in [0.05, 0.1) is 15.7 Å². The highest BCUT2D eigenvalue weighted by Gasteiger charge is 2.23. The fourth-order valence-corrected chi connectivity index (χ4v) is 4.25. The predicted molar refractivity (Wildman–Crippen MR) is 87.6 cm³/mol. The van der Waals surface area contributed by atoms with Crippen LogP contribution in [0.5, 0.6) is 0 Å². The van der Waals surface area contributed by atoms with Gasteiger partial charge in [-0.2, -0.15) is 0 Å². The summed E-state index contributed by atoms with van der Waals surface area (Å²) in [7, 11) is -3.90. The molecule has 3 N–H and O–H groups in total. The van der Waals surface area contributed by atoms with E-state index >= 15 is 0 Å². The normalized spacial score (nSPS) is 11.4. The minimum atomic E-state index is -3.90. The lowest BCUT2D eigenvalue weighted by Gasteiger charge is -2.14. The molecule has 4 nitrogen and oxygen atoms in total. The molecular weight excluding hydrogens is 331 g/mol. The van der Waals surface area contributed by atoms with Crippen molar-refractivity contribution >= 4 is 44.6 Å². The van der Waals surface area contributed by atoms with E-state index in [9.17, 15) is 8.42 Å². The minimum Gasteiger partial charge on any atom is -0.399 e. The number of sulfonamides is 1. The number of aryl methyl sites for hydroxylation is 1. The summed E-state index contributed by atoms with van der Waals surface area (Å²) in [4.78, 5) is -0.180. The lowest BCUT2D eigenvalue weighted by Crippen LogP contribution is -2.15. The number of anilines is 2. The molecule has 0 atom stereocenters. The number of hydrogen-bond acceptors (Lipinski definition) is 3. The Bertz CT molecular complexity index is 782. The Balaban J connectivity index is 2.51. The molecule has 112 valence electrons. The first-order chi connectivity index (χ1) is 9.72. The molecule has 0 aromatic heterocycles. The Hall–Kier alpha value is -1.43. The van der Waals surface area contributed by atoms with Gasteiger partial charge in [0.25, 0.3) is 10.0 Å². The Morgan fingerprint density at radius 3 is 2.24 bits per heavy atom. The number of halogens is 2. The molecule has 0 bridgehead atoms.